The summed E-state index contributed by atoms with van der Waals surface area (Å²) < 4.78 is 5.85. The number of benzene rings is 2. The molecule has 0 aliphatic carbocycles. The summed E-state index contributed by atoms with van der Waals surface area (Å²) in [6.45, 7) is 12.4. The number of rotatable bonds is 2. The van der Waals surface area contributed by atoms with E-state index in [-0.39, 0.29) is 0 Å². The Hall–Kier alpha value is -1.76. The van der Waals surface area contributed by atoms with Crippen molar-refractivity contribution in [3.63, 3.8) is 0 Å². The summed E-state index contributed by atoms with van der Waals surface area (Å²) in [6.07, 6.45) is 0. The molecule has 0 heterocycles. The number of hydrogen-bond donors (Lipinski definition) is 0. The van der Waals surface area contributed by atoms with Crippen LogP contribution in [-0.4, -0.2) is 0 Å². The Morgan fingerprint density at radius 1 is 0.579 bits per heavy atom. The van der Waals surface area contributed by atoms with Crippen LogP contribution >= 0.6 is 0 Å². The molecular formula is C18H24O. The van der Waals surface area contributed by atoms with Gasteiger partial charge in [0.2, 0.25) is 0 Å². The van der Waals surface area contributed by atoms with Crippen molar-refractivity contribution < 1.29 is 4.74 Å². The molecular weight excluding hydrogens is 232 g/mol. The predicted octanol–water partition coefficient (Wildman–Crippen LogP) is 5.74. The van der Waals surface area contributed by atoms with Crippen molar-refractivity contribution in [2.45, 2.75) is 41.5 Å². The van der Waals surface area contributed by atoms with Crippen molar-refractivity contribution in [2.75, 3.05) is 0 Å². The van der Waals surface area contributed by atoms with Gasteiger partial charge in [-0.1, -0.05) is 26.0 Å². The average Bonchev–Trinajstić information content (AvgIpc) is 2.41. The molecule has 0 N–H and O–H groups in total. The molecule has 0 saturated carbocycles. The standard InChI is InChI=1S/C16H18O.C2H6/c1-11-5-7-15(9-13(11)3)17-16-8-6-12(2)14(4)10-16;1-2/h5-10H,1-4H3;1-2H3. The smallest absolute Gasteiger partial charge is 0.127 e. The molecule has 0 aliphatic rings. The van der Waals surface area contributed by atoms with E-state index in [0.29, 0.717) is 0 Å². The van der Waals surface area contributed by atoms with Crippen LogP contribution in [0.4, 0.5) is 0 Å². The molecule has 0 amide bonds. The van der Waals surface area contributed by atoms with E-state index < -0.39 is 0 Å². The molecule has 1 nitrogen and oxygen atoms in total. The molecule has 0 aliphatic heterocycles. The van der Waals surface area contributed by atoms with Gasteiger partial charge in [-0.05, 0) is 74.2 Å². The van der Waals surface area contributed by atoms with Crippen LogP contribution in [0.3, 0.4) is 0 Å². The third kappa shape index (κ3) is 4.13. The minimum Gasteiger partial charge on any atom is -0.457 e. The second-order valence-electron chi connectivity index (χ2n) is 4.59. The van der Waals surface area contributed by atoms with Gasteiger partial charge in [0, 0.05) is 0 Å². The van der Waals surface area contributed by atoms with E-state index >= 15 is 0 Å². The molecule has 0 aromatic heterocycles. The monoisotopic (exact) mass is 256 g/mol. The lowest BCUT2D eigenvalue weighted by Gasteiger charge is -2.09. The summed E-state index contributed by atoms with van der Waals surface area (Å²) >= 11 is 0. The molecule has 0 saturated heterocycles. The minimum absolute atomic E-state index is 0.899. The SMILES string of the molecule is CC.Cc1ccc(Oc2ccc(C)c(C)c2)cc1C. The summed E-state index contributed by atoms with van der Waals surface area (Å²) in [6, 6.07) is 12.3. The number of hydrogen-bond acceptors (Lipinski definition) is 1. The van der Waals surface area contributed by atoms with Crippen molar-refractivity contribution in [1.82, 2.24) is 0 Å². The van der Waals surface area contributed by atoms with Gasteiger partial charge in [-0.2, -0.15) is 0 Å². The van der Waals surface area contributed by atoms with Gasteiger partial charge in [-0.15, -0.1) is 0 Å². The first kappa shape index (κ1) is 15.3. The van der Waals surface area contributed by atoms with Gasteiger partial charge in [0.25, 0.3) is 0 Å². The third-order valence-corrected chi connectivity index (χ3v) is 3.19. The van der Waals surface area contributed by atoms with Crippen LogP contribution < -0.4 is 4.74 Å². The van der Waals surface area contributed by atoms with E-state index in [4.69, 9.17) is 4.74 Å². The van der Waals surface area contributed by atoms with Gasteiger partial charge < -0.3 is 4.74 Å². The van der Waals surface area contributed by atoms with E-state index in [9.17, 15) is 0 Å². The molecule has 0 spiro atoms. The van der Waals surface area contributed by atoms with Crippen molar-refractivity contribution in [3.8, 4) is 11.5 Å². The zero-order chi connectivity index (χ0) is 14.4. The maximum atomic E-state index is 5.85. The molecule has 0 unspecified atom stereocenters. The number of ether oxygens (including phenoxy) is 1. The van der Waals surface area contributed by atoms with Crippen LogP contribution in [0.15, 0.2) is 36.4 Å². The van der Waals surface area contributed by atoms with Gasteiger partial charge in [0.05, 0.1) is 0 Å². The Morgan fingerprint density at radius 3 is 1.26 bits per heavy atom. The Balaban J connectivity index is 0.000000861. The Morgan fingerprint density at radius 2 is 0.947 bits per heavy atom. The molecule has 2 aromatic carbocycles. The van der Waals surface area contributed by atoms with Gasteiger partial charge in [-0.25, -0.2) is 0 Å². The molecule has 1 heteroatoms. The number of aryl methyl sites for hydroxylation is 4. The van der Waals surface area contributed by atoms with Crippen LogP contribution in [0.5, 0.6) is 11.5 Å². The molecule has 2 rings (SSSR count). The van der Waals surface area contributed by atoms with Gasteiger partial charge in [-0.3, -0.25) is 0 Å². The second-order valence-corrected chi connectivity index (χ2v) is 4.59. The topological polar surface area (TPSA) is 9.23 Å². The van der Waals surface area contributed by atoms with Crippen LogP contribution in [-0.2, 0) is 0 Å². The van der Waals surface area contributed by atoms with Crippen molar-refractivity contribution in [2.24, 2.45) is 0 Å². The van der Waals surface area contributed by atoms with E-state index in [2.05, 4.69) is 52.0 Å². The molecule has 0 fully saturated rings. The maximum Gasteiger partial charge on any atom is 0.127 e. The summed E-state index contributed by atoms with van der Waals surface area (Å²) in [5.41, 5.74) is 5.09. The normalized spacial score (nSPS) is 9.58. The molecule has 0 bridgehead atoms. The molecule has 0 atom stereocenters. The van der Waals surface area contributed by atoms with E-state index in [1.807, 2.05) is 26.0 Å². The molecule has 0 radical (unpaired) electrons. The Bertz CT molecular complexity index is 492. The quantitative estimate of drug-likeness (QED) is 0.666. The molecule has 102 valence electrons. The highest BCUT2D eigenvalue weighted by molar-refractivity contribution is 5.39. The fourth-order valence-electron chi connectivity index (χ4n) is 1.69. The summed E-state index contributed by atoms with van der Waals surface area (Å²) in [5, 5.41) is 0. The first-order valence-electron chi connectivity index (χ1n) is 6.88. The summed E-state index contributed by atoms with van der Waals surface area (Å²) in [5.74, 6) is 1.80. The zero-order valence-corrected chi connectivity index (χ0v) is 12.9. The second kappa shape index (κ2) is 6.98. The van der Waals surface area contributed by atoms with Gasteiger partial charge in [0.1, 0.15) is 11.5 Å². The molecule has 2 aromatic rings. The predicted molar refractivity (Wildman–Crippen MR) is 83.3 cm³/mol. The van der Waals surface area contributed by atoms with Crippen LogP contribution in [0.25, 0.3) is 0 Å². The Kier molecular flexibility index (Phi) is 5.62. The average molecular weight is 256 g/mol. The lowest BCUT2D eigenvalue weighted by molar-refractivity contribution is 0.481. The first-order valence-corrected chi connectivity index (χ1v) is 6.88. The van der Waals surface area contributed by atoms with Gasteiger partial charge >= 0.3 is 0 Å². The third-order valence-electron chi connectivity index (χ3n) is 3.19. The molecule has 19 heavy (non-hydrogen) atoms. The van der Waals surface area contributed by atoms with Crippen LogP contribution in [0, 0.1) is 27.7 Å². The fourth-order valence-corrected chi connectivity index (χ4v) is 1.69. The highest BCUT2D eigenvalue weighted by Crippen LogP contribution is 2.25. The van der Waals surface area contributed by atoms with E-state index in [0.717, 1.165) is 11.5 Å². The fraction of sp³-hybridized carbons (Fsp3) is 0.333. The maximum absolute atomic E-state index is 5.85. The first-order chi connectivity index (χ1) is 9.06. The minimum atomic E-state index is 0.899. The lowest BCUT2D eigenvalue weighted by atomic mass is 10.1. The van der Waals surface area contributed by atoms with Crippen molar-refractivity contribution in [1.29, 1.82) is 0 Å². The highest BCUT2D eigenvalue weighted by Gasteiger charge is 2.01. The van der Waals surface area contributed by atoms with E-state index in [1.54, 1.807) is 0 Å². The van der Waals surface area contributed by atoms with Crippen LogP contribution in [0.2, 0.25) is 0 Å². The van der Waals surface area contributed by atoms with Crippen molar-refractivity contribution in [3.05, 3.63) is 58.7 Å². The van der Waals surface area contributed by atoms with E-state index in [1.165, 1.54) is 22.3 Å². The van der Waals surface area contributed by atoms with Gasteiger partial charge in [0.15, 0.2) is 0 Å². The Labute approximate surface area is 117 Å². The lowest BCUT2D eigenvalue weighted by Crippen LogP contribution is -1.88. The summed E-state index contributed by atoms with van der Waals surface area (Å²) in [4.78, 5) is 0. The summed E-state index contributed by atoms with van der Waals surface area (Å²) in [7, 11) is 0. The van der Waals surface area contributed by atoms with Crippen LogP contribution in [0.1, 0.15) is 36.1 Å². The largest absolute Gasteiger partial charge is 0.457 e. The highest BCUT2D eigenvalue weighted by atomic mass is 16.5. The zero-order valence-electron chi connectivity index (χ0n) is 12.9. The van der Waals surface area contributed by atoms with Crippen molar-refractivity contribution >= 4 is 0 Å².